The summed E-state index contributed by atoms with van der Waals surface area (Å²) >= 11 is 0. The van der Waals surface area contributed by atoms with Crippen LogP contribution in [0.15, 0.2) is 59.5 Å². The molecule has 0 saturated carbocycles. The SMILES string of the molecule is [2H]c1c([2H])c2c([2H])c([2H])c3c([2H])c4c(c5c([2H])c([2H])c(c1[2H])c2c35)[C@@H](Nc1nc2c(ncn2[C@H]2C[C@H](O)[C@@H](CO)O2)c(=O)[nH]1)[C@@H](O)[C@@H](O)[C@@H]4O. The fourth-order valence-electron chi connectivity index (χ4n) is 6.07. The molecule has 2 aliphatic rings. The number of hydrogen-bond donors (Lipinski definition) is 7. The Labute approximate surface area is 248 Å². The van der Waals surface area contributed by atoms with Crippen LogP contribution in [0.4, 0.5) is 5.95 Å². The van der Waals surface area contributed by atoms with Gasteiger partial charge in [0.15, 0.2) is 11.2 Å². The van der Waals surface area contributed by atoms with Crippen molar-refractivity contribution in [3.05, 3.63) is 76.1 Å². The number of benzene rings is 4. The monoisotopic (exact) mass is 577 g/mol. The highest BCUT2D eigenvalue weighted by Gasteiger charge is 2.42. The number of aromatic nitrogens is 4. The van der Waals surface area contributed by atoms with Gasteiger partial charge in [0.05, 0.1) is 36.0 Å². The molecular formula is C30H27N5O7. The van der Waals surface area contributed by atoms with Gasteiger partial charge in [-0.1, -0.05) is 42.3 Å². The van der Waals surface area contributed by atoms with Crippen molar-refractivity contribution in [2.75, 3.05) is 11.9 Å². The van der Waals surface area contributed by atoms with Crippen LogP contribution in [0.3, 0.4) is 0 Å². The third-order valence-electron chi connectivity index (χ3n) is 8.11. The van der Waals surface area contributed by atoms with Crippen molar-refractivity contribution in [1.29, 1.82) is 0 Å². The van der Waals surface area contributed by atoms with Gasteiger partial charge in [0, 0.05) is 6.42 Å². The minimum Gasteiger partial charge on any atom is -0.394 e. The fraction of sp³-hybridized carbons (Fsp3) is 0.300. The first-order valence-corrected chi connectivity index (χ1v) is 13.1. The second-order valence-corrected chi connectivity index (χ2v) is 10.5. The Morgan fingerprint density at radius 3 is 2.57 bits per heavy atom. The minimum atomic E-state index is -1.96. The first-order valence-electron chi connectivity index (χ1n) is 17.1. The van der Waals surface area contributed by atoms with E-state index in [0.717, 1.165) is 0 Å². The molecule has 2 aromatic heterocycles. The second-order valence-electron chi connectivity index (χ2n) is 10.5. The highest BCUT2D eigenvalue weighted by Crippen LogP contribution is 2.46. The first-order chi connectivity index (χ1) is 23.7. The number of imidazole rings is 1. The third kappa shape index (κ3) is 3.54. The first kappa shape index (κ1) is 18.4. The zero-order valence-corrected chi connectivity index (χ0v) is 21.4. The van der Waals surface area contributed by atoms with Crippen LogP contribution < -0.4 is 10.9 Å². The van der Waals surface area contributed by atoms with Gasteiger partial charge in [-0.15, -0.1) is 0 Å². The predicted octanol–water partition coefficient (Wildman–Crippen LogP) is 1.58. The van der Waals surface area contributed by atoms with E-state index < -0.39 is 103 Å². The van der Waals surface area contributed by atoms with Crippen LogP contribution in [0.5, 0.6) is 0 Å². The second kappa shape index (κ2) is 9.16. The van der Waals surface area contributed by atoms with Crippen LogP contribution in [0.1, 0.15) is 46.9 Å². The quantitative estimate of drug-likeness (QED) is 0.152. The number of nitrogens with one attached hydrogen (secondary N) is 2. The van der Waals surface area contributed by atoms with Gasteiger partial charge in [-0.05, 0) is 49.5 Å². The average molecular weight is 578 g/mol. The van der Waals surface area contributed by atoms with Gasteiger partial charge in [-0.25, -0.2) is 4.98 Å². The van der Waals surface area contributed by atoms with Crippen LogP contribution in [-0.2, 0) is 4.74 Å². The van der Waals surface area contributed by atoms with E-state index in [4.69, 9.17) is 15.7 Å². The molecule has 0 unspecified atom stereocenters. The number of H-pyrrole nitrogens is 1. The molecule has 0 amide bonds. The van der Waals surface area contributed by atoms with E-state index in [0.29, 0.717) is 0 Å². The summed E-state index contributed by atoms with van der Waals surface area (Å²) in [6.07, 6.45) is -7.27. The van der Waals surface area contributed by atoms with Crippen molar-refractivity contribution in [3.63, 3.8) is 0 Å². The van der Waals surface area contributed by atoms with Crippen molar-refractivity contribution in [1.82, 2.24) is 19.5 Å². The number of aromatic amines is 1. The van der Waals surface area contributed by atoms with Gasteiger partial charge in [-0.2, -0.15) is 4.98 Å². The van der Waals surface area contributed by atoms with Crippen molar-refractivity contribution >= 4 is 49.4 Å². The minimum absolute atomic E-state index is 0.0247. The number of anilines is 1. The van der Waals surface area contributed by atoms with Crippen LogP contribution in [0, 0.1) is 0 Å². The van der Waals surface area contributed by atoms with Crippen molar-refractivity contribution in [3.8, 4) is 0 Å². The smallest absolute Gasteiger partial charge is 0.280 e. The van der Waals surface area contributed by atoms with Gasteiger partial charge in [0.1, 0.15) is 30.6 Å². The van der Waals surface area contributed by atoms with Crippen LogP contribution >= 0.6 is 0 Å². The van der Waals surface area contributed by atoms with Gasteiger partial charge < -0.3 is 35.6 Å². The summed E-state index contributed by atoms with van der Waals surface area (Å²) in [5.41, 5.74) is -1.38. The standard InChI is InChI=1S/C30H27N5O7/c36-10-18-17(37)9-19(42-18)35-11-31-24-28(35)33-30(34-29(24)41)32-23-22-15-7-6-13-3-1-2-12-4-5-14(21(15)20(12)13)8-16(22)25(38)27(40)26(23)39/h1-8,11,17-19,23,25-27,36-40H,9-10H2,(H2,32,33,34,41)/t17-,18+,19+,23+,25+,26+,27-/m0/s1/i1D,2D,3D,4D,5D,6D,7D,8D. The number of fused-ring (bicyclic) bond motifs is 3. The highest BCUT2D eigenvalue weighted by molar-refractivity contribution is 6.24. The van der Waals surface area contributed by atoms with E-state index in [-0.39, 0.29) is 67.0 Å². The molecule has 42 heavy (non-hydrogen) atoms. The van der Waals surface area contributed by atoms with E-state index in [1.54, 1.807) is 0 Å². The summed E-state index contributed by atoms with van der Waals surface area (Å²) in [7, 11) is 0. The molecule has 1 fully saturated rings. The zero-order chi connectivity index (χ0) is 35.8. The Morgan fingerprint density at radius 1 is 1.05 bits per heavy atom. The summed E-state index contributed by atoms with van der Waals surface area (Å²) in [4.78, 5) is 24.2. The van der Waals surface area contributed by atoms with E-state index >= 15 is 0 Å². The maximum absolute atomic E-state index is 13.2. The molecule has 3 heterocycles. The summed E-state index contributed by atoms with van der Waals surface area (Å²) in [5.74, 6) is -0.301. The zero-order valence-electron chi connectivity index (χ0n) is 29.4. The lowest BCUT2D eigenvalue weighted by atomic mass is 9.77. The largest absolute Gasteiger partial charge is 0.394 e. The van der Waals surface area contributed by atoms with Gasteiger partial charge in [0.2, 0.25) is 5.95 Å². The Hall–Kier alpha value is -4.17. The Bertz CT molecular complexity index is 2470. The van der Waals surface area contributed by atoms with E-state index in [1.165, 1.54) is 10.9 Å². The number of nitrogens with zero attached hydrogens (tertiary/aromatic N) is 3. The lowest BCUT2D eigenvalue weighted by Crippen LogP contribution is -2.44. The number of hydrogen-bond acceptors (Lipinski definition) is 10. The van der Waals surface area contributed by atoms with Crippen LogP contribution in [-0.4, -0.2) is 76.1 Å². The molecule has 4 aromatic carbocycles. The molecule has 8 rings (SSSR count). The maximum atomic E-state index is 13.2. The molecule has 214 valence electrons. The Balaban J connectivity index is 1.41. The Kier molecular flexibility index (Phi) is 4.01. The molecule has 6 aromatic rings. The van der Waals surface area contributed by atoms with Gasteiger partial charge in [0.25, 0.3) is 5.56 Å². The molecule has 7 N–H and O–H groups in total. The topological polar surface area (TPSA) is 186 Å². The molecular weight excluding hydrogens is 542 g/mol. The van der Waals surface area contributed by atoms with Crippen molar-refractivity contribution in [2.45, 2.75) is 49.2 Å². The summed E-state index contributed by atoms with van der Waals surface area (Å²) < 4.78 is 77.2. The number of aliphatic hydroxyl groups is 5. The Morgan fingerprint density at radius 2 is 1.81 bits per heavy atom. The molecule has 0 bridgehead atoms. The van der Waals surface area contributed by atoms with E-state index in [2.05, 4.69) is 20.3 Å². The highest BCUT2D eigenvalue weighted by atomic mass is 16.5. The molecule has 12 nitrogen and oxygen atoms in total. The lowest BCUT2D eigenvalue weighted by molar-refractivity contribution is -0.0767. The fourth-order valence-corrected chi connectivity index (χ4v) is 6.07. The molecule has 1 saturated heterocycles. The van der Waals surface area contributed by atoms with Crippen LogP contribution in [0.2, 0.25) is 0 Å². The van der Waals surface area contributed by atoms with Crippen molar-refractivity contribution in [2.24, 2.45) is 0 Å². The average Bonchev–Trinajstić information content (AvgIpc) is 3.68. The third-order valence-corrected chi connectivity index (χ3v) is 8.11. The molecule has 7 atom stereocenters. The molecule has 0 radical (unpaired) electrons. The van der Waals surface area contributed by atoms with E-state index in [1.807, 2.05) is 0 Å². The number of ether oxygens (including phenoxy) is 1. The van der Waals surface area contributed by atoms with Gasteiger partial charge in [-0.3, -0.25) is 14.3 Å². The van der Waals surface area contributed by atoms with E-state index in [9.17, 15) is 30.3 Å². The molecule has 0 spiro atoms. The summed E-state index contributed by atoms with van der Waals surface area (Å²) in [6.45, 7) is -0.460. The van der Waals surface area contributed by atoms with Crippen molar-refractivity contribution < 1.29 is 41.2 Å². The number of aliphatic hydroxyl groups excluding tert-OH is 5. The maximum Gasteiger partial charge on any atom is 0.280 e. The normalized spacial score (nSPS) is 30.5. The summed E-state index contributed by atoms with van der Waals surface area (Å²) in [6, 6.07) is -6.14. The molecule has 12 heteroatoms. The lowest BCUT2D eigenvalue weighted by Gasteiger charge is -2.38. The van der Waals surface area contributed by atoms with Crippen LogP contribution in [0.25, 0.3) is 43.5 Å². The molecule has 1 aliphatic carbocycles. The summed E-state index contributed by atoms with van der Waals surface area (Å²) in [5, 5.41) is 55.3. The number of rotatable bonds is 4. The molecule has 1 aliphatic heterocycles. The van der Waals surface area contributed by atoms with Gasteiger partial charge >= 0.3 is 0 Å². The predicted molar refractivity (Wildman–Crippen MR) is 153 cm³/mol.